The Labute approximate surface area is 121 Å². The molecule has 0 N–H and O–H groups in total. The van der Waals surface area contributed by atoms with E-state index in [2.05, 4.69) is 22.6 Å². The highest BCUT2D eigenvalue weighted by Gasteiger charge is 2.57. The van der Waals surface area contributed by atoms with E-state index in [1.54, 1.807) is 0 Å². The minimum atomic E-state index is -0.559. The lowest BCUT2D eigenvalue weighted by Gasteiger charge is -2.26. The molecule has 0 spiro atoms. The van der Waals surface area contributed by atoms with Gasteiger partial charge in [-0.25, -0.2) is 0 Å². The summed E-state index contributed by atoms with van der Waals surface area (Å²) in [5, 5.41) is 0. The van der Waals surface area contributed by atoms with Gasteiger partial charge < -0.3 is 23.7 Å². The Hall–Kier alpha value is 0.530. The smallest absolute Gasteiger partial charge is 0.188 e. The van der Waals surface area contributed by atoms with Gasteiger partial charge in [0.25, 0.3) is 0 Å². The van der Waals surface area contributed by atoms with Crippen molar-refractivity contribution in [1.82, 2.24) is 0 Å². The Morgan fingerprint density at radius 2 is 1.67 bits per heavy atom. The molecule has 0 aromatic rings. The average molecular weight is 370 g/mol. The summed E-state index contributed by atoms with van der Waals surface area (Å²) in [7, 11) is 0. The second-order valence-corrected chi connectivity index (χ2v) is 7.32. The number of rotatable bonds is 1. The van der Waals surface area contributed by atoms with Crippen molar-refractivity contribution in [2.75, 3.05) is 6.61 Å². The maximum absolute atomic E-state index is 5.95. The summed E-state index contributed by atoms with van der Waals surface area (Å²) in [4.78, 5) is 0. The van der Waals surface area contributed by atoms with E-state index in [0.29, 0.717) is 6.61 Å². The molecule has 0 radical (unpaired) electrons. The van der Waals surface area contributed by atoms with Gasteiger partial charge in [-0.05, 0) is 27.7 Å². The third kappa shape index (κ3) is 2.31. The minimum absolute atomic E-state index is 0.0297. The van der Waals surface area contributed by atoms with Crippen LogP contribution in [0.25, 0.3) is 0 Å². The van der Waals surface area contributed by atoms with Gasteiger partial charge in [0, 0.05) is 0 Å². The number of fused-ring (bicyclic) bond motifs is 1. The van der Waals surface area contributed by atoms with Gasteiger partial charge in [0.15, 0.2) is 17.9 Å². The Morgan fingerprint density at radius 3 is 2.22 bits per heavy atom. The lowest BCUT2D eigenvalue weighted by Crippen LogP contribution is -2.39. The first-order valence-corrected chi connectivity index (χ1v) is 7.49. The molecule has 6 heteroatoms. The Bertz CT molecular complexity index is 345. The molecule has 5 nitrogen and oxygen atoms in total. The third-order valence-corrected chi connectivity index (χ3v) is 4.82. The fourth-order valence-corrected chi connectivity index (χ4v) is 3.78. The van der Waals surface area contributed by atoms with Crippen LogP contribution in [-0.2, 0) is 23.7 Å². The van der Waals surface area contributed by atoms with Crippen molar-refractivity contribution >= 4 is 22.6 Å². The summed E-state index contributed by atoms with van der Waals surface area (Å²) in [5.74, 6) is -1.08. The fourth-order valence-electron chi connectivity index (χ4n) is 2.67. The molecule has 3 saturated heterocycles. The van der Waals surface area contributed by atoms with Crippen LogP contribution in [0.2, 0.25) is 0 Å². The van der Waals surface area contributed by atoms with Gasteiger partial charge in [-0.15, -0.1) is 0 Å². The zero-order valence-corrected chi connectivity index (χ0v) is 13.2. The average Bonchev–Trinajstić information content (AvgIpc) is 2.81. The molecular formula is C12H19IO5. The highest BCUT2D eigenvalue weighted by molar-refractivity contribution is 14.1. The fraction of sp³-hybridized carbons (Fsp3) is 1.00. The Kier molecular flexibility index (Phi) is 3.20. The lowest BCUT2D eigenvalue weighted by atomic mass is 10.1. The Balaban J connectivity index is 1.68. The van der Waals surface area contributed by atoms with Gasteiger partial charge in [-0.1, -0.05) is 22.6 Å². The van der Waals surface area contributed by atoms with E-state index < -0.39 is 11.6 Å². The molecule has 3 rings (SSSR count). The van der Waals surface area contributed by atoms with E-state index in [4.69, 9.17) is 23.7 Å². The van der Waals surface area contributed by atoms with Crippen LogP contribution in [0.4, 0.5) is 0 Å². The third-order valence-electron chi connectivity index (χ3n) is 3.40. The van der Waals surface area contributed by atoms with Gasteiger partial charge in [-0.2, -0.15) is 0 Å². The molecule has 3 aliphatic heterocycles. The van der Waals surface area contributed by atoms with Crippen molar-refractivity contribution in [1.29, 1.82) is 0 Å². The molecule has 3 heterocycles. The van der Waals surface area contributed by atoms with Gasteiger partial charge in [0.05, 0.1) is 10.5 Å². The maximum Gasteiger partial charge on any atom is 0.188 e. The van der Waals surface area contributed by atoms with Gasteiger partial charge >= 0.3 is 0 Å². The van der Waals surface area contributed by atoms with Gasteiger partial charge in [0.1, 0.15) is 18.3 Å². The van der Waals surface area contributed by atoms with Crippen molar-refractivity contribution < 1.29 is 23.7 Å². The molecule has 3 aliphatic rings. The largest absolute Gasteiger partial charge is 0.348 e. The summed E-state index contributed by atoms with van der Waals surface area (Å²) in [5.41, 5.74) is 0. The lowest BCUT2D eigenvalue weighted by molar-refractivity contribution is -0.219. The number of alkyl halides is 1. The number of ether oxygens (including phenoxy) is 5. The standard InChI is InChI=1S/C12H19IO5/c1-11(2)14-5-6(16-11)8-7(13)9-10(15-8)18-12(3,4)17-9/h6-10H,5H2,1-4H3/t6?,7?,8-,9+,10-/m1/s1. The second kappa shape index (κ2) is 4.26. The summed E-state index contributed by atoms with van der Waals surface area (Å²) in [6, 6.07) is 0. The van der Waals surface area contributed by atoms with E-state index in [-0.39, 0.29) is 28.5 Å². The van der Waals surface area contributed by atoms with E-state index in [1.807, 2.05) is 27.7 Å². The summed E-state index contributed by atoms with van der Waals surface area (Å²) >= 11 is 2.36. The monoisotopic (exact) mass is 370 g/mol. The first-order valence-electron chi connectivity index (χ1n) is 6.24. The van der Waals surface area contributed by atoms with E-state index in [1.165, 1.54) is 0 Å². The van der Waals surface area contributed by atoms with Crippen LogP contribution in [0.5, 0.6) is 0 Å². The van der Waals surface area contributed by atoms with E-state index in [9.17, 15) is 0 Å². The molecule has 0 aromatic heterocycles. The molecule has 104 valence electrons. The van der Waals surface area contributed by atoms with Crippen LogP contribution in [0, 0.1) is 0 Å². The highest BCUT2D eigenvalue weighted by atomic mass is 127. The normalized spacial score (nSPS) is 49.5. The van der Waals surface area contributed by atoms with Gasteiger partial charge in [0.2, 0.25) is 0 Å². The van der Waals surface area contributed by atoms with Crippen molar-refractivity contribution in [3.8, 4) is 0 Å². The van der Waals surface area contributed by atoms with Crippen molar-refractivity contribution in [2.24, 2.45) is 0 Å². The molecule has 0 aromatic carbocycles. The van der Waals surface area contributed by atoms with E-state index in [0.717, 1.165) is 0 Å². The predicted molar refractivity (Wildman–Crippen MR) is 71.4 cm³/mol. The zero-order valence-electron chi connectivity index (χ0n) is 11.0. The molecular weight excluding hydrogens is 351 g/mol. The first kappa shape index (κ1) is 13.5. The summed E-state index contributed by atoms with van der Waals surface area (Å²) < 4.78 is 29.2. The van der Waals surface area contributed by atoms with Crippen molar-refractivity contribution in [3.63, 3.8) is 0 Å². The van der Waals surface area contributed by atoms with E-state index >= 15 is 0 Å². The van der Waals surface area contributed by atoms with Crippen LogP contribution >= 0.6 is 22.6 Å². The van der Waals surface area contributed by atoms with Crippen LogP contribution < -0.4 is 0 Å². The molecule has 3 fully saturated rings. The summed E-state index contributed by atoms with van der Waals surface area (Å²) in [6.07, 6.45) is -0.418. The molecule has 0 amide bonds. The second-order valence-electron chi connectivity index (χ2n) is 5.88. The van der Waals surface area contributed by atoms with Crippen molar-refractivity contribution in [2.45, 2.75) is 67.8 Å². The molecule has 0 bridgehead atoms. The van der Waals surface area contributed by atoms with Crippen LogP contribution in [0.1, 0.15) is 27.7 Å². The number of halogens is 1. The predicted octanol–water partition coefficient (Wildman–Crippen LogP) is 1.82. The molecule has 5 atom stereocenters. The first-order chi connectivity index (χ1) is 8.27. The minimum Gasteiger partial charge on any atom is -0.348 e. The maximum atomic E-state index is 5.95. The van der Waals surface area contributed by atoms with Crippen molar-refractivity contribution in [3.05, 3.63) is 0 Å². The van der Waals surface area contributed by atoms with Crippen LogP contribution in [0.15, 0.2) is 0 Å². The zero-order chi connectivity index (χ0) is 13.1. The number of hydrogen-bond acceptors (Lipinski definition) is 5. The topological polar surface area (TPSA) is 46.2 Å². The Morgan fingerprint density at radius 1 is 0.944 bits per heavy atom. The van der Waals surface area contributed by atoms with Crippen LogP contribution in [-0.4, -0.2) is 46.7 Å². The highest BCUT2D eigenvalue weighted by Crippen LogP contribution is 2.43. The molecule has 0 aliphatic carbocycles. The summed E-state index contributed by atoms with van der Waals surface area (Å²) in [6.45, 7) is 8.21. The number of hydrogen-bond donors (Lipinski definition) is 0. The SMILES string of the molecule is CC1(C)OCC([C@H]2O[C@@H]3OC(C)(C)O[C@H]3C2I)O1. The molecule has 0 saturated carbocycles. The quantitative estimate of drug-likeness (QED) is 0.521. The van der Waals surface area contributed by atoms with Crippen LogP contribution in [0.3, 0.4) is 0 Å². The molecule has 2 unspecified atom stereocenters. The molecule has 18 heavy (non-hydrogen) atoms. The van der Waals surface area contributed by atoms with Gasteiger partial charge in [-0.3, -0.25) is 0 Å².